The molecule has 0 spiro atoms. The van der Waals surface area contributed by atoms with Gasteiger partial charge in [0.1, 0.15) is 6.04 Å². The SMILES string of the molecule is CCS(=O)(=O)c1ccc(CNC(=O)c2ccc(N3CC(c4ccc(C(F)(F)F)cc4)CC[C@H]3C(=O)N(C)C)cc2)cc1. The maximum absolute atomic E-state index is 13.1. The number of hydrogen-bond acceptors (Lipinski definition) is 5. The molecule has 224 valence electrons. The lowest BCUT2D eigenvalue weighted by atomic mass is 9.86. The van der Waals surface area contributed by atoms with E-state index in [1.54, 1.807) is 57.4 Å². The number of sulfone groups is 1. The van der Waals surface area contributed by atoms with E-state index in [2.05, 4.69) is 5.32 Å². The Balaban J connectivity index is 1.47. The molecule has 1 aliphatic rings. The Morgan fingerprint density at radius 3 is 2.10 bits per heavy atom. The highest BCUT2D eigenvalue weighted by Crippen LogP contribution is 2.36. The third-order valence-electron chi connectivity index (χ3n) is 7.59. The Morgan fingerprint density at radius 2 is 1.55 bits per heavy atom. The Labute approximate surface area is 244 Å². The van der Waals surface area contributed by atoms with E-state index >= 15 is 0 Å². The van der Waals surface area contributed by atoms with E-state index < -0.39 is 27.6 Å². The van der Waals surface area contributed by atoms with Crippen molar-refractivity contribution in [3.8, 4) is 0 Å². The first-order valence-electron chi connectivity index (χ1n) is 13.6. The molecule has 0 radical (unpaired) electrons. The highest BCUT2D eigenvalue weighted by molar-refractivity contribution is 7.91. The molecule has 1 fully saturated rings. The van der Waals surface area contributed by atoms with Gasteiger partial charge in [0.15, 0.2) is 9.84 Å². The predicted molar refractivity (Wildman–Crippen MR) is 155 cm³/mol. The first-order chi connectivity index (χ1) is 19.8. The van der Waals surface area contributed by atoms with Crippen LogP contribution in [0, 0.1) is 0 Å². The quantitative estimate of drug-likeness (QED) is 0.380. The predicted octanol–water partition coefficient (Wildman–Crippen LogP) is 5.27. The molecule has 1 heterocycles. The van der Waals surface area contributed by atoms with Crippen molar-refractivity contribution in [1.29, 1.82) is 0 Å². The van der Waals surface area contributed by atoms with Gasteiger partial charge in [0.2, 0.25) is 5.91 Å². The summed E-state index contributed by atoms with van der Waals surface area (Å²) >= 11 is 0. The van der Waals surface area contributed by atoms with E-state index in [4.69, 9.17) is 0 Å². The van der Waals surface area contributed by atoms with Gasteiger partial charge < -0.3 is 15.1 Å². The average molecular weight is 602 g/mol. The van der Waals surface area contributed by atoms with E-state index in [1.807, 2.05) is 4.90 Å². The zero-order valence-electron chi connectivity index (χ0n) is 23.7. The molecule has 3 aromatic carbocycles. The Kier molecular flexibility index (Phi) is 9.30. The molecule has 1 unspecified atom stereocenters. The first kappa shape index (κ1) is 31.1. The van der Waals surface area contributed by atoms with Crippen LogP contribution in [-0.4, -0.2) is 57.6 Å². The molecule has 0 saturated carbocycles. The number of likely N-dealkylation sites (N-methyl/N-ethyl adjacent to an activating group) is 1. The highest BCUT2D eigenvalue weighted by Gasteiger charge is 2.35. The number of halogens is 3. The number of benzene rings is 3. The van der Waals surface area contributed by atoms with Crippen molar-refractivity contribution in [2.24, 2.45) is 0 Å². The molecule has 0 aromatic heterocycles. The van der Waals surface area contributed by atoms with E-state index in [-0.39, 0.29) is 34.9 Å². The molecule has 1 N–H and O–H groups in total. The van der Waals surface area contributed by atoms with Gasteiger partial charge in [-0.2, -0.15) is 13.2 Å². The number of nitrogens with zero attached hydrogens (tertiary/aromatic N) is 2. The number of hydrogen-bond donors (Lipinski definition) is 1. The Morgan fingerprint density at radius 1 is 0.929 bits per heavy atom. The maximum atomic E-state index is 13.1. The maximum Gasteiger partial charge on any atom is 0.416 e. The molecule has 1 aliphatic heterocycles. The van der Waals surface area contributed by atoms with Crippen molar-refractivity contribution in [2.45, 2.75) is 49.3 Å². The van der Waals surface area contributed by atoms with Crippen molar-refractivity contribution in [2.75, 3.05) is 31.3 Å². The number of carbonyl (C=O) groups excluding carboxylic acids is 2. The fourth-order valence-corrected chi connectivity index (χ4v) is 5.98. The molecule has 42 heavy (non-hydrogen) atoms. The van der Waals surface area contributed by atoms with Crippen molar-refractivity contribution in [3.63, 3.8) is 0 Å². The summed E-state index contributed by atoms with van der Waals surface area (Å²) in [5.74, 6) is -0.439. The van der Waals surface area contributed by atoms with E-state index in [9.17, 15) is 31.2 Å². The van der Waals surface area contributed by atoms with Gasteiger partial charge in [0.25, 0.3) is 5.91 Å². The summed E-state index contributed by atoms with van der Waals surface area (Å²) in [6.45, 7) is 2.23. The van der Waals surface area contributed by atoms with Gasteiger partial charge in [0, 0.05) is 44.4 Å². The zero-order valence-corrected chi connectivity index (χ0v) is 24.5. The second-order valence-corrected chi connectivity index (χ2v) is 12.9. The standard InChI is InChI=1S/C31H34F3N3O4S/c1-4-42(40,41)27-16-5-21(6-17-27)19-35-29(38)23-9-14-26(15-10-23)37-20-24(11-18-28(37)30(39)36(2)3)22-7-12-25(13-8-22)31(32,33)34/h5-10,12-17,24,28H,4,11,18-20H2,1-3H3,(H,35,38)/t24?,28-/m0/s1. The van der Waals surface area contributed by atoms with Gasteiger partial charge in [-0.1, -0.05) is 31.2 Å². The van der Waals surface area contributed by atoms with E-state index in [0.717, 1.165) is 28.9 Å². The molecule has 2 amide bonds. The lowest BCUT2D eigenvalue weighted by molar-refractivity contribution is -0.137. The van der Waals surface area contributed by atoms with Gasteiger partial charge in [0.05, 0.1) is 16.2 Å². The molecule has 2 atom stereocenters. The van der Waals surface area contributed by atoms with Crippen molar-refractivity contribution in [3.05, 3.63) is 95.1 Å². The third-order valence-corrected chi connectivity index (χ3v) is 9.34. The van der Waals surface area contributed by atoms with Crippen LogP contribution in [0.2, 0.25) is 0 Å². The fourth-order valence-electron chi connectivity index (χ4n) is 5.10. The summed E-state index contributed by atoms with van der Waals surface area (Å²) in [6, 6.07) is 18.0. The smallest absolute Gasteiger partial charge is 0.359 e. The van der Waals surface area contributed by atoms with Crippen molar-refractivity contribution >= 4 is 27.3 Å². The van der Waals surface area contributed by atoms with Gasteiger partial charge in [-0.3, -0.25) is 9.59 Å². The number of rotatable bonds is 8. The lowest BCUT2D eigenvalue weighted by Gasteiger charge is -2.41. The second-order valence-electron chi connectivity index (χ2n) is 10.6. The van der Waals surface area contributed by atoms with Crippen LogP contribution in [-0.2, 0) is 27.4 Å². The Bertz CT molecular complexity index is 1500. The van der Waals surface area contributed by atoms with Crippen LogP contribution >= 0.6 is 0 Å². The molecule has 11 heteroatoms. The molecule has 3 aromatic rings. The highest BCUT2D eigenvalue weighted by atomic mass is 32.2. The zero-order chi connectivity index (χ0) is 30.7. The molecular weight excluding hydrogens is 567 g/mol. The molecule has 7 nitrogen and oxygen atoms in total. The van der Waals surface area contributed by atoms with Crippen LogP contribution in [0.3, 0.4) is 0 Å². The summed E-state index contributed by atoms with van der Waals surface area (Å²) in [4.78, 5) is 29.6. The van der Waals surface area contributed by atoms with Crippen LogP contribution in [0.25, 0.3) is 0 Å². The van der Waals surface area contributed by atoms with Crippen molar-refractivity contribution < 1.29 is 31.2 Å². The van der Waals surface area contributed by atoms with Crippen LogP contribution in [0.4, 0.5) is 18.9 Å². The van der Waals surface area contributed by atoms with Gasteiger partial charge in [-0.15, -0.1) is 0 Å². The number of alkyl halides is 3. The number of amides is 2. The molecule has 0 bridgehead atoms. The fraction of sp³-hybridized carbons (Fsp3) is 0.355. The topological polar surface area (TPSA) is 86.8 Å². The summed E-state index contributed by atoms with van der Waals surface area (Å²) in [6.07, 6.45) is -3.22. The molecule has 4 rings (SSSR count). The molecule has 1 saturated heterocycles. The third kappa shape index (κ3) is 7.13. The van der Waals surface area contributed by atoms with Crippen LogP contribution < -0.4 is 10.2 Å². The van der Waals surface area contributed by atoms with Crippen LogP contribution in [0.15, 0.2) is 77.7 Å². The summed E-state index contributed by atoms with van der Waals surface area (Å²) < 4.78 is 63.2. The second kappa shape index (κ2) is 12.6. The minimum atomic E-state index is -4.41. The monoisotopic (exact) mass is 601 g/mol. The number of nitrogens with one attached hydrogen (secondary N) is 1. The number of anilines is 1. The summed E-state index contributed by atoms with van der Waals surface area (Å²) in [5.41, 5.74) is 1.98. The average Bonchev–Trinajstić information content (AvgIpc) is 2.99. The van der Waals surface area contributed by atoms with Crippen LogP contribution in [0.1, 0.15) is 52.7 Å². The number of carbonyl (C=O) groups is 2. The van der Waals surface area contributed by atoms with Gasteiger partial charge in [-0.25, -0.2) is 8.42 Å². The minimum Gasteiger partial charge on any atom is -0.359 e. The summed E-state index contributed by atoms with van der Waals surface area (Å²) in [7, 11) is 0.0738. The van der Waals surface area contributed by atoms with Gasteiger partial charge >= 0.3 is 6.18 Å². The largest absolute Gasteiger partial charge is 0.416 e. The molecular formula is C31H34F3N3O4S. The number of piperidine rings is 1. The summed E-state index contributed by atoms with van der Waals surface area (Å²) in [5, 5.41) is 2.83. The van der Waals surface area contributed by atoms with Crippen molar-refractivity contribution in [1.82, 2.24) is 10.2 Å². The van der Waals surface area contributed by atoms with E-state index in [1.165, 1.54) is 29.2 Å². The normalized spacial score (nSPS) is 17.5. The van der Waals surface area contributed by atoms with Gasteiger partial charge in [-0.05, 0) is 72.5 Å². The lowest BCUT2D eigenvalue weighted by Crippen LogP contribution is -2.51. The minimum absolute atomic E-state index is 0.0102. The first-order valence-corrected chi connectivity index (χ1v) is 15.3. The van der Waals surface area contributed by atoms with E-state index in [0.29, 0.717) is 24.9 Å². The Hall–Kier alpha value is -3.86. The molecule has 0 aliphatic carbocycles. The van der Waals surface area contributed by atoms with Crippen LogP contribution in [0.5, 0.6) is 0 Å².